The number of nitrogens with zero attached hydrogens (tertiary/aromatic N) is 3. The number of aromatic nitrogens is 1. The third-order valence-corrected chi connectivity index (χ3v) is 3.33. The zero-order valence-corrected chi connectivity index (χ0v) is 11.9. The summed E-state index contributed by atoms with van der Waals surface area (Å²) in [5.74, 6) is 0.809. The van der Waals surface area contributed by atoms with Gasteiger partial charge >= 0.3 is 0 Å². The van der Waals surface area contributed by atoms with Gasteiger partial charge in [0.25, 0.3) is 0 Å². The highest BCUT2D eigenvalue weighted by Crippen LogP contribution is 2.16. The maximum absolute atomic E-state index is 11.6. The van der Waals surface area contributed by atoms with Crippen molar-refractivity contribution in [2.45, 2.75) is 13.8 Å². The Morgan fingerprint density at radius 3 is 2.50 bits per heavy atom. The van der Waals surface area contributed by atoms with Gasteiger partial charge in [-0.3, -0.25) is 9.59 Å². The summed E-state index contributed by atoms with van der Waals surface area (Å²) < 4.78 is 0. The molecule has 6 nitrogen and oxygen atoms in total. The molecule has 1 saturated heterocycles. The fraction of sp³-hybridized carbons (Fsp3) is 0.500. The van der Waals surface area contributed by atoms with Gasteiger partial charge in [-0.2, -0.15) is 0 Å². The average Bonchev–Trinajstić information content (AvgIpc) is 2.48. The zero-order chi connectivity index (χ0) is 14.5. The van der Waals surface area contributed by atoms with E-state index in [2.05, 4.69) is 15.2 Å². The van der Waals surface area contributed by atoms with Crippen LogP contribution in [-0.2, 0) is 9.59 Å². The van der Waals surface area contributed by atoms with Crippen LogP contribution in [0.5, 0.6) is 0 Å². The highest BCUT2D eigenvalue weighted by atomic mass is 16.2. The minimum absolute atomic E-state index is 0.0147. The van der Waals surface area contributed by atoms with Gasteiger partial charge in [0.05, 0.1) is 11.9 Å². The lowest BCUT2D eigenvalue weighted by atomic mass is 10.2. The summed E-state index contributed by atoms with van der Waals surface area (Å²) in [7, 11) is 0. The van der Waals surface area contributed by atoms with Crippen molar-refractivity contribution in [3.8, 4) is 0 Å². The van der Waals surface area contributed by atoms with Gasteiger partial charge in [0, 0.05) is 32.1 Å². The molecule has 1 N–H and O–H groups in total. The minimum Gasteiger partial charge on any atom is -0.353 e. The number of hydrogen-bond acceptors (Lipinski definition) is 4. The van der Waals surface area contributed by atoms with Crippen molar-refractivity contribution in [1.82, 2.24) is 9.88 Å². The first kappa shape index (κ1) is 14.3. The predicted molar refractivity (Wildman–Crippen MR) is 77.6 cm³/mol. The van der Waals surface area contributed by atoms with Crippen LogP contribution in [0.25, 0.3) is 0 Å². The van der Waals surface area contributed by atoms with Crippen LogP contribution in [0.3, 0.4) is 0 Å². The Morgan fingerprint density at radius 2 is 2.00 bits per heavy atom. The number of piperazine rings is 1. The van der Waals surface area contributed by atoms with E-state index in [9.17, 15) is 9.59 Å². The standard InChI is InChI=1S/C14H20N4O2/c1-11(2)14(20)16-12-3-4-13(15-9-12)18-7-5-17(10-19)6-8-18/h3-4,9-11H,5-8H2,1-2H3,(H,16,20). The van der Waals surface area contributed by atoms with Crippen LogP contribution in [0, 0.1) is 5.92 Å². The molecule has 0 aliphatic carbocycles. The zero-order valence-electron chi connectivity index (χ0n) is 11.9. The van der Waals surface area contributed by atoms with E-state index in [-0.39, 0.29) is 11.8 Å². The Kier molecular flexibility index (Phi) is 4.55. The van der Waals surface area contributed by atoms with Crippen molar-refractivity contribution in [3.05, 3.63) is 18.3 Å². The van der Waals surface area contributed by atoms with E-state index >= 15 is 0 Å². The van der Waals surface area contributed by atoms with Crippen molar-refractivity contribution in [2.24, 2.45) is 5.92 Å². The molecular weight excluding hydrogens is 256 g/mol. The van der Waals surface area contributed by atoms with Crippen LogP contribution < -0.4 is 10.2 Å². The van der Waals surface area contributed by atoms with Crippen molar-refractivity contribution in [1.29, 1.82) is 0 Å². The SMILES string of the molecule is CC(C)C(=O)Nc1ccc(N2CCN(C=O)CC2)nc1. The van der Waals surface area contributed by atoms with Gasteiger partial charge in [-0.05, 0) is 12.1 Å². The molecule has 2 amide bonds. The van der Waals surface area contributed by atoms with Gasteiger partial charge in [0.15, 0.2) is 0 Å². The van der Waals surface area contributed by atoms with E-state index in [4.69, 9.17) is 0 Å². The molecule has 1 aromatic rings. The molecule has 0 spiro atoms. The van der Waals surface area contributed by atoms with E-state index in [0.29, 0.717) is 5.69 Å². The van der Waals surface area contributed by atoms with Gasteiger partial charge in [-0.1, -0.05) is 13.8 Å². The fourth-order valence-corrected chi connectivity index (χ4v) is 1.99. The molecule has 2 rings (SSSR count). The van der Waals surface area contributed by atoms with Crippen LogP contribution in [0.2, 0.25) is 0 Å². The highest BCUT2D eigenvalue weighted by molar-refractivity contribution is 5.91. The number of carbonyl (C=O) groups is 2. The fourth-order valence-electron chi connectivity index (χ4n) is 1.99. The van der Waals surface area contributed by atoms with Crippen molar-refractivity contribution < 1.29 is 9.59 Å². The number of anilines is 2. The molecule has 2 heterocycles. The van der Waals surface area contributed by atoms with Gasteiger partial charge in [0.2, 0.25) is 12.3 Å². The van der Waals surface area contributed by atoms with Gasteiger partial charge in [-0.25, -0.2) is 4.98 Å². The maximum Gasteiger partial charge on any atom is 0.226 e. The van der Waals surface area contributed by atoms with E-state index in [1.165, 1.54) is 0 Å². The normalized spacial score (nSPS) is 15.3. The van der Waals surface area contributed by atoms with E-state index < -0.39 is 0 Å². The number of pyridine rings is 1. The van der Waals surface area contributed by atoms with Crippen molar-refractivity contribution >= 4 is 23.8 Å². The minimum atomic E-state index is -0.0499. The number of amides is 2. The largest absolute Gasteiger partial charge is 0.353 e. The van der Waals surface area contributed by atoms with Crippen molar-refractivity contribution in [2.75, 3.05) is 36.4 Å². The van der Waals surface area contributed by atoms with Crippen molar-refractivity contribution in [3.63, 3.8) is 0 Å². The third-order valence-electron chi connectivity index (χ3n) is 3.33. The molecule has 1 aromatic heterocycles. The average molecular weight is 276 g/mol. The topological polar surface area (TPSA) is 65.5 Å². The smallest absolute Gasteiger partial charge is 0.226 e. The molecule has 0 unspecified atom stereocenters. The number of carbonyl (C=O) groups excluding carboxylic acids is 2. The second-order valence-electron chi connectivity index (χ2n) is 5.18. The Hall–Kier alpha value is -2.11. The molecule has 0 saturated carbocycles. The lowest BCUT2D eigenvalue weighted by Gasteiger charge is -2.33. The first-order chi connectivity index (χ1) is 9.60. The first-order valence-corrected chi connectivity index (χ1v) is 6.81. The second kappa shape index (κ2) is 6.36. The Balaban J connectivity index is 1.95. The Morgan fingerprint density at radius 1 is 1.30 bits per heavy atom. The molecule has 1 fully saturated rings. The summed E-state index contributed by atoms with van der Waals surface area (Å²) in [6, 6.07) is 3.75. The second-order valence-corrected chi connectivity index (χ2v) is 5.18. The maximum atomic E-state index is 11.6. The van der Waals surface area contributed by atoms with Crippen LogP contribution >= 0.6 is 0 Å². The highest BCUT2D eigenvalue weighted by Gasteiger charge is 2.16. The lowest BCUT2D eigenvalue weighted by molar-refractivity contribution is -0.119. The summed E-state index contributed by atoms with van der Waals surface area (Å²) in [6.45, 7) is 6.70. The quantitative estimate of drug-likeness (QED) is 0.832. The summed E-state index contributed by atoms with van der Waals surface area (Å²) in [5.41, 5.74) is 0.707. The molecule has 0 bridgehead atoms. The van der Waals surface area contributed by atoms with Gasteiger partial charge in [-0.15, -0.1) is 0 Å². The Labute approximate surface area is 118 Å². The number of hydrogen-bond donors (Lipinski definition) is 1. The lowest BCUT2D eigenvalue weighted by Crippen LogP contribution is -2.46. The van der Waals surface area contributed by atoms with E-state index in [0.717, 1.165) is 38.4 Å². The monoisotopic (exact) mass is 276 g/mol. The number of nitrogens with one attached hydrogen (secondary N) is 1. The molecular formula is C14H20N4O2. The van der Waals surface area contributed by atoms with E-state index in [1.807, 2.05) is 26.0 Å². The summed E-state index contributed by atoms with van der Waals surface area (Å²) in [5, 5.41) is 2.81. The number of rotatable bonds is 4. The summed E-state index contributed by atoms with van der Waals surface area (Å²) >= 11 is 0. The van der Waals surface area contributed by atoms with Crippen LogP contribution in [0.15, 0.2) is 18.3 Å². The van der Waals surface area contributed by atoms with E-state index in [1.54, 1.807) is 11.1 Å². The van der Waals surface area contributed by atoms with Gasteiger partial charge in [0.1, 0.15) is 5.82 Å². The molecule has 20 heavy (non-hydrogen) atoms. The van der Waals surface area contributed by atoms with Crippen LogP contribution in [0.4, 0.5) is 11.5 Å². The van der Waals surface area contributed by atoms with Crippen LogP contribution in [-0.4, -0.2) is 48.4 Å². The molecule has 1 aliphatic rings. The molecule has 1 aliphatic heterocycles. The molecule has 0 aromatic carbocycles. The summed E-state index contributed by atoms with van der Waals surface area (Å²) in [4.78, 5) is 30.5. The first-order valence-electron chi connectivity index (χ1n) is 6.81. The van der Waals surface area contributed by atoms with Gasteiger partial charge < -0.3 is 15.1 Å². The summed E-state index contributed by atoms with van der Waals surface area (Å²) in [6.07, 6.45) is 2.55. The molecule has 6 heteroatoms. The molecule has 108 valence electrons. The Bertz CT molecular complexity index is 465. The third kappa shape index (κ3) is 3.46. The molecule has 0 atom stereocenters. The predicted octanol–water partition coefficient (Wildman–Crippen LogP) is 0.954. The molecule has 0 radical (unpaired) electrons. The van der Waals surface area contributed by atoms with Crippen LogP contribution in [0.1, 0.15) is 13.8 Å².